The maximum atomic E-state index is 15.1. The Morgan fingerprint density at radius 3 is 2.47 bits per heavy atom. The number of carbonyl (C=O) groups is 2. The molecular weight excluding hydrogens is 705 g/mol. The Labute approximate surface area is 314 Å². The molecule has 4 aromatic heterocycles. The van der Waals surface area contributed by atoms with E-state index in [1.807, 2.05) is 55.7 Å². The molecule has 282 valence electrons. The Kier molecular flexibility index (Phi) is 8.28. The van der Waals surface area contributed by atoms with Crippen molar-refractivity contribution in [2.24, 2.45) is 5.92 Å². The summed E-state index contributed by atoms with van der Waals surface area (Å²) in [4.78, 5) is 48.9. The highest BCUT2D eigenvalue weighted by atomic mass is 19.1. The van der Waals surface area contributed by atoms with Crippen molar-refractivity contribution >= 4 is 28.7 Å². The highest BCUT2D eigenvalue weighted by molar-refractivity contribution is 6.05. The van der Waals surface area contributed by atoms with Crippen LogP contribution in [0, 0.1) is 37.9 Å². The van der Waals surface area contributed by atoms with Gasteiger partial charge in [-0.1, -0.05) is 13.0 Å². The molecule has 0 bridgehead atoms. The molecule has 2 amide bonds. The van der Waals surface area contributed by atoms with E-state index in [-0.39, 0.29) is 23.5 Å². The fourth-order valence-corrected chi connectivity index (χ4v) is 8.42. The standard InChI is InChI=1S/C40H40FN9O5/c1-20-15-27(16-21(2)33(20)41)50-35(48-14-12-44-38(48)52)32-24(5)47(13-10-29(32)46-50)36(51)31-18-26-17-25(28-9-11-43-34(55-6)23(28)4)7-8-30(26)49(31)40(19-22(40)3)37(42)45-39(53)54/h7-9,11-12,14-18,22,24H,10,13,19H2,1-6H3,(H2,42,45)(H,44,52)(H,53,54)/t22-,24-,40-/m0/s1. The minimum atomic E-state index is -1.36. The number of nitrogens with zero attached hydrogens (tertiary/aromatic N) is 6. The summed E-state index contributed by atoms with van der Waals surface area (Å²) < 4.78 is 25.1. The number of aryl methyl sites for hydroxylation is 2. The van der Waals surface area contributed by atoms with Gasteiger partial charge in [-0.3, -0.25) is 20.1 Å². The molecule has 14 nitrogen and oxygen atoms in total. The molecule has 3 atom stereocenters. The van der Waals surface area contributed by atoms with Crippen LogP contribution in [0.4, 0.5) is 9.18 Å². The average Bonchev–Trinajstić information content (AvgIpc) is 3.46. The molecule has 55 heavy (non-hydrogen) atoms. The van der Waals surface area contributed by atoms with Gasteiger partial charge in [-0.05, 0) is 98.7 Å². The van der Waals surface area contributed by atoms with Crippen LogP contribution < -0.4 is 15.7 Å². The summed E-state index contributed by atoms with van der Waals surface area (Å²) in [5.41, 5.74) is 4.89. The number of methoxy groups -OCH3 is 1. The largest absolute Gasteiger partial charge is 0.481 e. The van der Waals surface area contributed by atoms with Crippen LogP contribution in [-0.2, 0) is 12.0 Å². The van der Waals surface area contributed by atoms with Gasteiger partial charge in [-0.15, -0.1) is 0 Å². The number of aromatic amines is 1. The van der Waals surface area contributed by atoms with Crippen molar-refractivity contribution in [3.8, 4) is 28.5 Å². The number of aromatic nitrogens is 6. The third-order valence-electron chi connectivity index (χ3n) is 11.3. The van der Waals surface area contributed by atoms with Crippen molar-refractivity contribution in [1.82, 2.24) is 39.1 Å². The summed E-state index contributed by atoms with van der Waals surface area (Å²) >= 11 is 0. The normalized spacial score (nSPS) is 19.0. The third-order valence-corrected chi connectivity index (χ3v) is 11.3. The van der Waals surface area contributed by atoms with Crippen molar-refractivity contribution in [2.75, 3.05) is 13.7 Å². The Hall–Kier alpha value is -6.51. The highest BCUT2D eigenvalue weighted by Crippen LogP contribution is 2.53. The third kappa shape index (κ3) is 5.43. The van der Waals surface area contributed by atoms with Gasteiger partial charge in [0.05, 0.1) is 24.5 Å². The van der Waals surface area contributed by atoms with E-state index in [0.717, 1.165) is 22.1 Å². The van der Waals surface area contributed by atoms with Crippen LogP contribution >= 0.6 is 0 Å². The summed E-state index contributed by atoms with van der Waals surface area (Å²) in [6.07, 6.45) is 4.26. The summed E-state index contributed by atoms with van der Waals surface area (Å²) in [5, 5.41) is 26.6. The molecule has 0 spiro atoms. The van der Waals surface area contributed by atoms with Gasteiger partial charge in [0.15, 0.2) is 0 Å². The Morgan fingerprint density at radius 1 is 1.11 bits per heavy atom. The zero-order valence-electron chi connectivity index (χ0n) is 31.2. The van der Waals surface area contributed by atoms with Crippen LogP contribution in [0.3, 0.4) is 0 Å². The van der Waals surface area contributed by atoms with Crippen LogP contribution in [-0.4, -0.2) is 70.4 Å². The number of rotatable bonds is 7. The second-order valence-corrected chi connectivity index (χ2v) is 14.5. The fourth-order valence-electron chi connectivity index (χ4n) is 8.42. The van der Waals surface area contributed by atoms with Crippen LogP contribution in [0.25, 0.3) is 33.5 Å². The minimum absolute atomic E-state index is 0.154. The molecule has 0 radical (unpaired) electrons. The Balaban J connectivity index is 1.29. The Bertz CT molecular complexity index is 2630. The lowest BCUT2D eigenvalue weighted by Crippen LogP contribution is -2.45. The number of amidine groups is 1. The van der Waals surface area contributed by atoms with E-state index >= 15 is 4.79 Å². The van der Waals surface area contributed by atoms with E-state index in [1.165, 1.54) is 10.8 Å². The van der Waals surface area contributed by atoms with Gasteiger partial charge in [0.1, 0.15) is 28.7 Å². The molecule has 5 heterocycles. The number of hydrogen-bond acceptors (Lipinski definition) is 7. The van der Waals surface area contributed by atoms with Gasteiger partial charge in [-0.25, -0.2) is 23.6 Å². The SMILES string of the molecule is COc1nccc(-c2ccc3c(c2)cc(C(=O)N2CCc4nn(-c5cc(C)c(F)c(C)c5)c(-n5cc[nH]c5=O)c4[C@@H]2C)n3[C@@]2(C(=N)NC(=O)O)C[C@@H]2C)c1C. The molecule has 0 saturated heterocycles. The van der Waals surface area contributed by atoms with Crippen molar-refractivity contribution in [1.29, 1.82) is 5.41 Å². The monoisotopic (exact) mass is 745 g/mol. The summed E-state index contributed by atoms with van der Waals surface area (Å²) in [6.45, 7) is 9.39. The quantitative estimate of drug-likeness (QED) is 0.111. The molecule has 1 saturated carbocycles. The molecular formula is C40H40FN9O5. The average molecular weight is 746 g/mol. The molecule has 1 aliphatic heterocycles. The van der Waals surface area contributed by atoms with Gasteiger partial charge in [0.25, 0.3) is 5.91 Å². The van der Waals surface area contributed by atoms with Crippen molar-refractivity contribution in [3.05, 3.63) is 111 Å². The lowest BCUT2D eigenvalue weighted by molar-refractivity contribution is 0.0664. The summed E-state index contributed by atoms with van der Waals surface area (Å²) in [7, 11) is 1.57. The zero-order chi connectivity index (χ0) is 39.1. The summed E-state index contributed by atoms with van der Waals surface area (Å²) in [5.74, 6) is -0.0835. The van der Waals surface area contributed by atoms with Gasteiger partial charge in [0, 0.05) is 53.6 Å². The van der Waals surface area contributed by atoms with Gasteiger partial charge < -0.3 is 24.3 Å². The lowest BCUT2D eigenvalue weighted by Gasteiger charge is -2.34. The number of pyridine rings is 1. The van der Waals surface area contributed by atoms with Crippen LogP contribution in [0.1, 0.15) is 64.7 Å². The second-order valence-electron chi connectivity index (χ2n) is 14.5. The number of ether oxygens (including phenoxy) is 1. The van der Waals surface area contributed by atoms with Crippen molar-refractivity contribution < 1.29 is 23.8 Å². The topological polar surface area (TPSA) is 176 Å². The number of benzene rings is 2. The summed E-state index contributed by atoms with van der Waals surface area (Å²) in [6, 6.07) is 12.3. The second kappa shape index (κ2) is 12.8. The predicted molar refractivity (Wildman–Crippen MR) is 203 cm³/mol. The van der Waals surface area contributed by atoms with E-state index in [2.05, 4.69) is 15.3 Å². The lowest BCUT2D eigenvalue weighted by atomic mass is 9.98. The van der Waals surface area contributed by atoms with Crippen molar-refractivity contribution in [2.45, 2.75) is 59.0 Å². The molecule has 0 unspecified atom stereocenters. The molecule has 1 fully saturated rings. The number of halogens is 1. The van der Waals surface area contributed by atoms with Crippen LogP contribution in [0.15, 0.2) is 65.8 Å². The van der Waals surface area contributed by atoms with Gasteiger partial charge >= 0.3 is 11.8 Å². The molecule has 2 aromatic carbocycles. The number of hydrogen-bond donors (Lipinski definition) is 4. The smallest absolute Gasteiger partial charge is 0.410 e. The van der Waals surface area contributed by atoms with E-state index in [0.29, 0.717) is 70.4 Å². The zero-order valence-corrected chi connectivity index (χ0v) is 31.2. The first-order chi connectivity index (χ1) is 26.3. The molecule has 1 aliphatic carbocycles. The maximum Gasteiger partial charge on any atom is 0.410 e. The first-order valence-corrected chi connectivity index (χ1v) is 18.0. The number of imidazole rings is 1. The first-order valence-electron chi connectivity index (χ1n) is 18.0. The number of fused-ring (bicyclic) bond motifs is 2. The number of H-pyrrole nitrogens is 1. The highest BCUT2D eigenvalue weighted by Gasteiger charge is 2.59. The fraction of sp³-hybridized carbons (Fsp3) is 0.300. The molecule has 2 aliphatic rings. The van der Waals surface area contributed by atoms with Gasteiger partial charge in [0.2, 0.25) is 5.88 Å². The van der Waals surface area contributed by atoms with E-state index in [1.54, 1.807) is 55.1 Å². The Morgan fingerprint density at radius 2 is 1.84 bits per heavy atom. The van der Waals surface area contributed by atoms with Crippen molar-refractivity contribution in [3.63, 3.8) is 0 Å². The molecule has 15 heteroatoms. The van der Waals surface area contributed by atoms with E-state index in [4.69, 9.17) is 15.2 Å². The molecule has 8 rings (SSSR count). The molecule has 4 N–H and O–H groups in total. The minimum Gasteiger partial charge on any atom is -0.481 e. The van der Waals surface area contributed by atoms with E-state index < -0.39 is 23.4 Å². The van der Waals surface area contributed by atoms with Gasteiger partial charge in [-0.2, -0.15) is 5.10 Å². The number of carboxylic acid groups (broad SMARTS) is 1. The number of carbonyl (C=O) groups excluding carboxylic acids is 1. The maximum absolute atomic E-state index is 15.1. The molecule has 6 aromatic rings. The van der Waals surface area contributed by atoms with Crippen LogP contribution in [0.5, 0.6) is 5.88 Å². The van der Waals surface area contributed by atoms with E-state index in [9.17, 15) is 19.1 Å². The first kappa shape index (κ1) is 35.5. The predicted octanol–water partition coefficient (Wildman–Crippen LogP) is 6.18. The number of amides is 2. The number of nitrogens with one attached hydrogen (secondary N) is 3. The van der Waals surface area contributed by atoms with Crippen LogP contribution in [0.2, 0.25) is 0 Å².